The predicted octanol–water partition coefficient (Wildman–Crippen LogP) is 9.70. The van der Waals surface area contributed by atoms with Crippen molar-refractivity contribution in [2.45, 2.75) is 288 Å². The minimum atomic E-state index is -1.59. The van der Waals surface area contributed by atoms with Gasteiger partial charge in [-0.05, 0) is 12.8 Å². The summed E-state index contributed by atoms with van der Waals surface area (Å²) in [4.78, 5) is 13.1. The van der Waals surface area contributed by atoms with Crippen LogP contribution in [-0.4, -0.2) is 98.7 Å². The van der Waals surface area contributed by atoms with Crippen molar-refractivity contribution in [3.8, 4) is 0 Å². The van der Waals surface area contributed by atoms with Crippen LogP contribution in [0.4, 0.5) is 0 Å². The minimum Gasteiger partial charge on any atom is -0.394 e. The van der Waals surface area contributed by atoms with Gasteiger partial charge in [0.2, 0.25) is 5.91 Å². The van der Waals surface area contributed by atoms with Gasteiger partial charge >= 0.3 is 0 Å². The molecule has 8 atom stereocenters. The fraction of sp³-hybridized carbons (Fsp3) is 0.979. The molecule has 1 fully saturated rings. The van der Waals surface area contributed by atoms with Crippen molar-refractivity contribution in [3.63, 3.8) is 0 Å². The van der Waals surface area contributed by atoms with Gasteiger partial charge in [0.25, 0.3) is 0 Å². The van der Waals surface area contributed by atoms with Crippen molar-refractivity contribution >= 4 is 5.91 Å². The second kappa shape index (κ2) is 39.0. The molecule has 0 bridgehead atoms. The molecule has 1 saturated heterocycles. The highest BCUT2D eigenvalue weighted by Crippen LogP contribution is 2.23. The third kappa shape index (κ3) is 28.6. The number of hydrogen-bond acceptors (Lipinski definition) is 9. The second-order valence-electron chi connectivity index (χ2n) is 17.8. The Balaban J connectivity index is 2.26. The number of ether oxygens (including phenoxy) is 2. The Hall–Kier alpha value is -0.850. The van der Waals surface area contributed by atoms with E-state index in [1.807, 2.05) is 0 Å². The van der Waals surface area contributed by atoms with Gasteiger partial charge < -0.3 is 45.4 Å². The quantitative estimate of drug-likeness (QED) is 0.0296. The average Bonchev–Trinajstić information content (AvgIpc) is 3.22. The minimum absolute atomic E-state index is 0.250. The molecule has 1 aliphatic heterocycles. The van der Waals surface area contributed by atoms with Crippen LogP contribution in [0.3, 0.4) is 0 Å². The van der Waals surface area contributed by atoms with Crippen molar-refractivity contribution in [1.29, 1.82) is 0 Å². The zero-order valence-electron chi connectivity index (χ0n) is 37.7. The number of carbonyl (C=O) groups is 1. The number of carbonyl (C=O) groups excluding carboxylic acids is 1. The van der Waals surface area contributed by atoms with Crippen LogP contribution in [0.5, 0.6) is 0 Å². The molecular weight excluding hydrogens is 735 g/mol. The van der Waals surface area contributed by atoms with Gasteiger partial charge in [0.1, 0.15) is 30.5 Å². The SMILES string of the molecule is CCCCCCCCCCCCCCCCCCCCCCCCC(O)C(=O)NC(COC1OC(CO)C(O)C(O)C1O)C(O)CCCCCCCCCCCCC. The molecule has 346 valence electrons. The first kappa shape index (κ1) is 55.2. The zero-order chi connectivity index (χ0) is 42.5. The molecule has 0 saturated carbocycles. The summed E-state index contributed by atoms with van der Waals surface area (Å²) in [6.45, 7) is 3.67. The summed E-state index contributed by atoms with van der Waals surface area (Å²) in [5.74, 6) is -0.580. The Morgan fingerprint density at radius 2 is 0.862 bits per heavy atom. The largest absolute Gasteiger partial charge is 0.394 e. The molecule has 1 heterocycles. The van der Waals surface area contributed by atoms with Gasteiger partial charge in [0.05, 0.1) is 25.4 Å². The monoisotopic (exact) mass is 830 g/mol. The molecule has 10 nitrogen and oxygen atoms in total. The fourth-order valence-corrected chi connectivity index (χ4v) is 8.23. The van der Waals surface area contributed by atoms with Crippen LogP contribution in [-0.2, 0) is 14.3 Å². The van der Waals surface area contributed by atoms with Crippen LogP contribution < -0.4 is 5.32 Å². The van der Waals surface area contributed by atoms with Gasteiger partial charge in [0.15, 0.2) is 6.29 Å². The zero-order valence-corrected chi connectivity index (χ0v) is 37.7. The Bertz CT molecular complexity index is 895. The molecule has 0 aromatic rings. The second-order valence-corrected chi connectivity index (χ2v) is 17.8. The maximum absolute atomic E-state index is 13.1. The lowest BCUT2D eigenvalue weighted by Gasteiger charge is -2.40. The molecule has 1 amide bonds. The molecule has 58 heavy (non-hydrogen) atoms. The number of hydrogen-bond donors (Lipinski definition) is 7. The number of aliphatic hydroxyl groups is 6. The molecule has 10 heteroatoms. The van der Waals surface area contributed by atoms with Gasteiger partial charge in [-0.3, -0.25) is 4.79 Å². The molecular formula is C48H95NO9. The van der Waals surface area contributed by atoms with Crippen LogP contribution in [0.2, 0.25) is 0 Å². The van der Waals surface area contributed by atoms with Crippen molar-refractivity contribution in [3.05, 3.63) is 0 Å². The molecule has 0 aromatic carbocycles. The summed E-state index contributed by atoms with van der Waals surface area (Å²) < 4.78 is 11.2. The maximum Gasteiger partial charge on any atom is 0.249 e. The van der Waals surface area contributed by atoms with E-state index >= 15 is 0 Å². The van der Waals surface area contributed by atoms with Crippen LogP contribution in [0.25, 0.3) is 0 Å². The van der Waals surface area contributed by atoms with Crippen LogP contribution in [0.15, 0.2) is 0 Å². The molecule has 0 aliphatic carbocycles. The van der Waals surface area contributed by atoms with E-state index in [0.29, 0.717) is 12.8 Å². The lowest BCUT2D eigenvalue weighted by atomic mass is 9.99. The van der Waals surface area contributed by atoms with Gasteiger partial charge in [-0.1, -0.05) is 226 Å². The normalized spacial score (nSPS) is 21.3. The summed E-state index contributed by atoms with van der Waals surface area (Å²) >= 11 is 0. The number of rotatable bonds is 42. The van der Waals surface area contributed by atoms with E-state index in [2.05, 4.69) is 19.2 Å². The Kier molecular flexibility index (Phi) is 37.1. The van der Waals surface area contributed by atoms with Crippen LogP contribution in [0.1, 0.15) is 239 Å². The van der Waals surface area contributed by atoms with Crippen LogP contribution in [0, 0.1) is 0 Å². The molecule has 8 unspecified atom stereocenters. The van der Waals surface area contributed by atoms with Gasteiger partial charge in [-0.15, -0.1) is 0 Å². The molecule has 0 aromatic heterocycles. The standard InChI is InChI=1S/C48H95NO9/c1-3-5-7-9-11-13-15-16-17-18-19-20-21-22-23-24-25-27-29-31-33-35-37-42(52)47(56)49-40(39-57-48-46(55)45(54)44(53)43(38-50)58-48)41(51)36-34-32-30-28-26-14-12-10-8-6-4-2/h40-46,48,50-55H,3-39H2,1-2H3,(H,49,56). The predicted molar refractivity (Wildman–Crippen MR) is 237 cm³/mol. The molecule has 7 N–H and O–H groups in total. The average molecular weight is 830 g/mol. The van der Waals surface area contributed by atoms with E-state index in [0.717, 1.165) is 44.9 Å². The third-order valence-electron chi connectivity index (χ3n) is 12.3. The maximum atomic E-state index is 13.1. The first-order valence-corrected chi connectivity index (χ1v) is 24.8. The van der Waals surface area contributed by atoms with Gasteiger partial charge in [-0.2, -0.15) is 0 Å². The van der Waals surface area contributed by atoms with Crippen LogP contribution >= 0.6 is 0 Å². The summed E-state index contributed by atoms with van der Waals surface area (Å²) in [5.41, 5.74) is 0. The van der Waals surface area contributed by atoms with E-state index in [-0.39, 0.29) is 6.61 Å². The van der Waals surface area contributed by atoms with E-state index in [1.54, 1.807) is 0 Å². The molecule has 1 rings (SSSR count). The van der Waals surface area contributed by atoms with E-state index in [1.165, 1.54) is 167 Å². The topological polar surface area (TPSA) is 169 Å². The lowest BCUT2D eigenvalue weighted by molar-refractivity contribution is -0.302. The highest BCUT2D eigenvalue weighted by Gasteiger charge is 2.44. The van der Waals surface area contributed by atoms with Gasteiger partial charge in [-0.25, -0.2) is 0 Å². The number of aliphatic hydroxyl groups excluding tert-OH is 6. The molecule has 0 radical (unpaired) electrons. The third-order valence-corrected chi connectivity index (χ3v) is 12.3. The number of amides is 1. The summed E-state index contributed by atoms with van der Waals surface area (Å²) in [5, 5.41) is 64.8. The lowest BCUT2D eigenvalue weighted by Crippen LogP contribution is -2.60. The van der Waals surface area contributed by atoms with Crippen molar-refractivity contribution < 1.29 is 44.9 Å². The summed E-state index contributed by atoms with van der Waals surface area (Å²) in [6, 6.07) is -0.887. The summed E-state index contributed by atoms with van der Waals surface area (Å²) in [6.07, 6.45) is 33.1. The highest BCUT2D eigenvalue weighted by molar-refractivity contribution is 5.80. The first-order chi connectivity index (χ1) is 28.3. The highest BCUT2D eigenvalue weighted by atomic mass is 16.7. The van der Waals surface area contributed by atoms with Crippen molar-refractivity contribution in [2.75, 3.05) is 13.2 Å². The van der Waals surface area contributed by atoms with E-state index < -0.39 is 61.5 Å². The fourth-order valence-electron chi connectivity index (χ4n) is 8.23. The smallest absolute Gasteiger partial charge is 0.249 e. The Morgan fingerprint density at radius 3 is 1.22 bits per heavy atom. The Labute approximate surface area is 356 Å². The van der Waals surface area contributed by atoms with E-state index in [9.17, 15) is 35.4 Å². The van der Waals surface area contributed by atoms with Gasteiger partial charge in [0, 0.05) is 0 Å². The van der Waals surface area contributed by atoms with Crippen molar-refractivity contribution in [1.82, 2.24) is 5.32 Å². The number of unbranched alkanes of at least 4 members (excludes halogenated alkanes) is 31. The number of nitrogens with one attached hydrogen (secondary N) is 1. The summed E-state index contributed by atoms with van der Waals surface area (Å²) in [7, 11) is 0. The molecule has 1 aliphatic rings. The molecule has 0 spiro atoms. The first-order valence-electron chi connectivity index (χ1n) is 24.8. The van der Waals surface area contributed by atoms with Crippen molar-refractivity contribution in [2.24, 2.45) is 0 Å². The Morgan fingerprint density at radius 1 is 0.517 bits per heavy atom. The van der Waals surface area contributed by atoms with E-state index in [4.69, 9.17) is 9.47 Å².